The lowest BCUT2D eigenvalue weighted by molar-refractivity contribution is 0.103. The van der Waals surface area contributed by atoms with Crippen LogP contribution in [-0.2, 0) is 4.74 Å². The van der Waals surface area contributed by atoms with Crippen LogP contribution >= 0.6 is 0 Å². The van der Waals surface area contributed by atoms with Crippen LogP contribution in [0.1, 0.15) is 6.92 Å². The van der Waals surface area contributed by atoms with E-state index in [9.17, 15) is 4.79 Å². The Hall–Kier alpha value is -2.70. The molecule has 0 bridgehead atoms. The van der Waals surface area contributed by atoms with E-state index in [4.69, 9.17) is 14.2 Å². The summed E-state index contributed by atoms with van der Waals surface area (Å²) >= 11 is 0. The van der Waals surface area contributed by atoms with Gasteiger partial charge in [0.1, 0.15) is 6.33 Å². The zero-order valence-electron chi connectivity index (χ0n) is 12.0. The fourth-order valence-corrected chi connectivity index (χ4v) is 1.72. The van der Waals surface area contributed by atoms with E-state index in [1.54, 1.807) is 44.0 Å². The van der Waals surface area contributed by atoms with Crippen molar-refractivity contribution in [2.24, 2.45) is 0 Å². The third-order valence-electron chi connectivity index (χ3n) is 2.67. The maximum absolute atomic E-state index is 11.2. The second kappa shape index (κ2) is 6.65. The van der Waals surface area contributed by atoms with E-state index in [0.717, 1.165) is 5.69 Å². The summed E-state index contributed by atoms with van der Waals surface area (Å²) < 4.78 is 21.7. The lowest BCUT2D eigenvalue weighted by Gasteiger charge is -2.09. The Bertz CT molecular complexity index is 624. The molecule has 0 atom stereocenters. The molecule has 0 saturated heterocycles. The predicted octanol–water partition coefficient (Wildman–Crippen LogP) is 2.42. The number of imidazole rings is 1. The summed E-state index contributed by atoms with van der Waals surface area (Å²) in [6.07, 6.45) is 2.31. The largest absolute Gasteiger partial charge is 0.515 e. The van der Waals surface area contributed by atoms with Crippen molar-refractivity contribution in [2.75, 3.05) is 20.8 Å². The van der Waals surface area contributed by atoms with Gasteiger partial charge in [0.15, 0.2) is 11.5 Å². The Balaban J connectivity index is 2.19. The topological polar surface area (TPSA) is 71.8 Å². The molecule has 7 heteroatoms. The van der Waals surface area contributed by atoms with Crippen molar-refractivity contribution < 1.29 is 23.7 Å². The van der Waals surface area contributed by atoms with Gasteiger partial charge in [-0.25, -0.2) is 9.78 Å². The molecule has 0 saturated carbocycles. The van der Waals surface area contributed by atoms with E-state index in [2.05, 4.69) is 9.72 Å². The highest BCUT2D eigenvalue weighted by atomic mass is 16.7. The van der Waals surface area contributed by atoms with Crippen molar-refractivity contribution in [2.45, 2.75) is 6.92 Å². The highest BCUT2D eigenvalue weighted by Gasteiger charge is 2.10. The molecule has 21 heavy (non-hydrogen) atoms. The number of carbonyl (C=O) groups excluding carboxylic acids is 1. The molecule has 0 aliphatic carbocycles. The molecule has 0 N–H and O–H groups in total. The Labute approximate surface area is 122 Å². The first-order chi connectivity index (χ1) is 10.2. The average Bonchev–Trinajstić information content (AvgIpc) is 2.95. The Morgan fingerprint density at radius 3 is 2.67 bits per heavy atom. The van der Waals surface area contributed by atoms with Gasteiger partial charge in [0.05, 0.1) is 32.7 Å². The third kappa shape index (κ3) is 3.44. The van der Waals surface area contributed by atoms with Gasteiger partial charge in [0, 0.05) is 6.07 Å². The maximum Gasteiger partial charge on any atom is 0.515 e. The molecule has 0 aliphatic rings. The molecule has 0 fully saturated rings. The number of hydrogen-bond acceptors (Lipinski definition) is 6. The van der Waals surface area contributed by atoms with Crippen molar-refractivity contribution >= 4 is 6.16 Å². The quantitative estimate of drug-likeness (QED) is 0.788. The molecule has 0 unspecified atom stereocenters. The monoisotopic (exact) mass is 292 g/mol. The standard InChI is InChI=1S/C14H16N2O5/c1-4-20-14(17)21-13-8-16(9-15-13)10-5-6-11(18-2)12(7-10)19-3/h5-9H,4H2,1-3H3. The molecule has 1 heterocycles. The van der Waals surface area contributed by atoms with Crippen LogP contribution in [0.4, 0.5) is 4.79 Å². The van der Waals surface area contributed by atoms with Gasteiger partial charge in [-0.05, 0) is 19.1 Å². The first-order valence-corrected chi connectivity index (χ1v) is 6.29. The van der Waals surface area contributed by atoms with E-state index < -0.39 is 6.16 Å². The van der Waals surface area contributed by atoms with Crippen LogP contribution in [0.5, 0.6) is 17.4 Å². The molecule has 0 radical (unpaired) electrons. The molecule has 7 nitrogen and oxygen atoms in total. The van der Waals surface area contributed by atoms with Gasteiger partial charge in [0.25, 0.3) is 0 Å². The second-order valence-corrected chi connectivity index (χ2v) is 3.94. The number of ether oxygens (including phenoxy) is 4. The van der Waals surface area contributed by atoms with Gasteiger partial charge in [-0.1, -0.05) is 0 Å². The second-order valence-electron chi connectivity index (χ2n) is 3.94. The number of carbonyl (C=O) groups is 1. The number of rotatable bonds is 5. The molecule has 2 aromatic rings. The zero-order chi connectivity index (χ0) is 15.2. The summed E-state index contributed by atoms with van der Waals surface area (Å²) in [6, 6.07) is 5.39. The van der Waals surface area contributed by atoms with Crippen LogP contribution in [-0.4, -0.2) is 36.5 Å². The molecule has 0 spiro atoms. The van der Waals surface area contributed by atoms with Gasteiger partial charge in [-0.3, -0.25) is 0 Å². The molecular formula is C14H16N2O5. The summed E-state index contributed by atoms with van der Waals surface area (Å²) in [5.74, 6) is 1.38. The lowest BCUT2D eigenvalue weighted by Crippen LogP contribution is -2.10. The number of hydrogen-bond donors (Lipinski definition) is 0. The SMILES string of the molecule is CCOC(=O)Oc1cn(-c2ccc(OC)c(OC)c2)cn1. The maximum atomic E-state index is 11.2. The summed E-state index contributed by atoms with van der Waals surface area (Å²) in [5, 5.41) is 0. The van der Waals surface area contributed by atoms with Crippen molar-refractivity contribution in [3.8, 4) is 23.1 Å². The molecule has 112 valence electrons. The van der Waals surface area contributed by atoms with Crippen LogP contribution in [0.25, 0.3) is 5.69 Å². The number of nitrogens with zero attached hydrogens (tertiary/aromatic N) is 2. The minimum absolute atomic E-state index is 0.156. The zero-order valence-corrected chi connectivity index (χ0v) is 12.0. The van der Waals surface area contributed by atoms with Crippen molar-refractivity contribution in [3.63, 3.8) is 0 Å². The lowest BCUT2D eigenvalue weighted by atomic mass is 10.2. The van der Waals surface area contributed by atoms with Crippen LogP contribution in [0, 0.1) is 0 Å². The van der Waals surface area contributed by atoms with E-state index in [1.807, 2.05) is 6.07 Å². The minimum Gasteiger partial charge on any atom is -0.493 e. The Kier molecular flexibility index (Phi) is 4.65. The minimum atomic E-state index is -0.782. The fraction of sp³-hybridized carbons (Fsp3) is 0.286. The smallest absolute Gasteiger partial charge is 0.493 e. The van der Waals surface area contributed by atoms with Crippen molar-refractivity contribution in [1.29, 1.82) is 0 Å². The van der Waals surface area contributed by atoms with E-state index >= 15 is 0 Å². The highest BCUT2D eigenvalue weighted by Crippen LogP contribution is 2.29. The number of benzene rings is 1. The number of aromatic nitrogens is 2. The molecule has 0 aliphatic heterocycles. The van der Waals surface area contributed by atoms with E-state index in [-0.39, 0.29) is 12.5 Å². The van der Waals surface area contributed by atoms with Gasteiger partial charge in [0.2, 0.25) is 5.88 Å². The third-order valence-corrected chi connectivity index (χ3v) is 2.67. The van der Waals surface area contributed by atoms with E-state index in [1.165, 1.54) is 6.33 Å². The van der Waals surface area contributed by atoms with Crippen LogP contribution in [0.15, 0.2) is 30.7 Å². The van der Waals surface area contributed by atoms with Crippen molar-refractivity contribution in [3.05, 3.63) is 30.7 Å². The van der Waals surface area contributed by atoms with Crippen LogP contribution in [0.3, 0.4) is 0 Å². The molecule has 1 aromatic carbocycles. The highest BCUT2D eigenvalue weighted by molar-refractivity contribution is 5.63. The van der Waals surface area contributed by atoms with Crippen molar-refractivity contribution in [1.82, 2.24) is 9.55 Å². The fourth-order valence-electron chi connectivity index (χ4n) is 1.72. The summed E-state index contributed by atoms with van der Waals surface area (Å²) in [5.41, 5.74) is 0.791. The predicted molar refractivity (Wildman–Crippen MR) is 74.3 cm³/mol. The molecule has 2 rings (SSSR count). The van der Waals surface area contributed by atoms with Gasteiger partial charge in [-0.2, -0.15) is 0 Å². The van der Waals surface area contributed by atoms with E-state index in [0.29, 0.717) is 11.5 Å². The average molecular weight is 292 g/mol. The van der Waals surface area contributed by atoms with Gasteiger partial charge in [-0.15, -0.1) is 0 Å². The molecule has 1 aromatic heterocycles. The normalized spacial score (nSPS) is 10.0. The van der Waals surface area contributed by atoms with Gasteiger partial charge >= 0.3 is 6.16 Å². The summed E-state index contributed by atoms with van der Waals surface area (Å²) in [7, 11) is 3.13. The first kappa shape index (κ1) is 14.7. The van der Waals surface area contributed by atoms with Crippen LogP contribution in [0.2, 0.25) is 0 Å². The first-order valence-electron chi connectivity index (χ1n) is 6.29. The summed E-state index contributed by atoms with van der Waals surface area (Å²) in [6.45, 7) is 1.94. The summed E-state index contributed by atoms with van der Waals surface area (Å²) in [4.78, 5) is 15.2. The Morgan fingerprint density at radius 2 is 2.00 bits per heavy atom. The Morgan fingerprint density at radius 1 is 1.24 bits per heavy atom. The number of methoxy groups -OCH3 is 2. The van der Waals surface area contributed by atoms with Gasteiger partial charge < -0.3 is 23.5 Å². The van der Waals surface area contributed by atoms with Crippen LogP contribution < -0.4 is 14.2 Å². The molecular weight excluding hydrogens is 276 g/mol. The molecule has 0 amide bonds.